The van der Waals surface area contributed by atoms with Crippen molar-refractivity contribution >= 4 is 5.97 Å². The highest BCUT2D eigenvalue weighted by molar-refractivity contribution is 5.69. The van der Waals surface area contributed by atoms with Gasteiger partial charge in [0.05, 0.1) is 13.2 Å². The molecule has 1 rings (SSSR count). The highest BCUT2D eigenvalue weighted by atomic mass is 16.5. The molecule has 0 bridgehead atoms. The van der Waals surface area contributed by atoms with Gasteiger partial charge in [0.1, 0.15) is 5.75 Å². The van der Waals surface area contributed by atoms with Crippen LogP contribution in [0.5, 0.6) is 5.75 Å². The molecule has 1 aromatic carbocycles. The molecule has 0 saturated carbocycles. The monoisotopic (exact) mass is 265 g/mol. The topological polar surface area (TPSA) is 49.8 Å². The maximum atomic E-state index is 10.8. The van der Waals surface area contributed by atoms with Crippen LogP contribution in [-0.2, 0) is 11.3 Å². The number of aliphatic carboxylic acids is 1. The molecule has 0 fully saturated rings. The Kier molecular flexibility index (Phi) is 6.36. The third-order valence-electron chi connectivity index (χ3n) is 2.83. The van der Waals surface area contributed by atoms with Gasteiger partial charge in [-0.2, -0.15) is 0 Å². The van der Waals surface area contributed by atoms with Crippen molar-refractivity contribution in [3.05, 3.63) is 29.8 Å². The molecule has 0 saturated heterocycles. The van der Waals surface area contributed by atoms with Crippen molar-refractivity contribution in [3.8, 4) is 5.75 Å². The number of carboxylic acid groups (broad SMARTS) is 1. The number of benzene rings is 1. The molecule has 1 aromatic rings. The van der Waals surface area contributed by atoms with Crippen molar-refractivity contribution in [2.24, 2.45) is 0 Å². The lowest BCUT2D eigenvalue weighted by Crippen LogP contribution is -2.35. The first-order valence-corrected chi connectivity index (χ1v) is 6.70. The van der Waals surface area contributed by atoms with Gasteiger partial charge in [-0.05, 0) is 38.0 Å². The van der Waals surface area contributed by atoms with Crippen molar-refractivity contribution < 1.29 is 14.6 Å². The van der Waals surface area contributed by atoms with Crippen LogP contribution in [0.3, 0.4) is 0 Å². The van der Waals surface area contributed by atoms with E-state index >= 15 is 0 Å². The normalized spacial score (nSPS) is 11.0. The minimum absolute atomic E-state index is 0.0533. The fourth-order valence-corrected chi connectivity index (χ4v) is 1.78. The molecule has 0 aliphatic carbocycles. The first-order chi connectivity index (χ1) is 9.02. The van der Waals surface area contributed by atoms with Crippen molar-refractivity contribution in [2.75, 3.05) is 13.2 Å². The highest BCUT2D eigenvalue weighted by Crippen LogP contribution is 2.16. The van der Waals surface area contributed by atoms with E-state index in [1.165, 1.54) is 0 Å². The number of nitrogens with zero attached hydrogens (tertiary/aromatic N) is 1. The summed E-state index contributed by atoms with van der Waals surface area (Å²) < 4.78 is 5.58. The lowest BCUT2D eigenvalue weighted by molar-refractivity contribution is -0.138. The molecular weight excluding hydrogens is 242 g/mol. The van der Waals surface area contributed by atoms with Crippen molar-refractivity contribution in [2.45, 2.75) is 39.8 Å². The smallest absolute Gasteiger partial charge is 0.317 e. The molecule has 0 amide bonds. The van der Waals surface area contributed by atoms with Gasteiger partial charge in [0.15, 0.2) is 0 Å². The highest BCUT2D eigenvalue weighted by Gasteiger charge is 2.13. The predicted octanol–water partition coefficient (Wildman–Crippen LogP) is 2.77. The molecule has 0 aromatic heterocycles. The summed E-state index contributed by atoms with van der Waals surface area (Å²) in [6.45, 7) is 7.44. The molecule has 0 aliphatic heterocycles. The van der Waals surface area contributed by atoms with Crippen LogP contribution in [-0.4, -0.2) is 35.2 Å². The SMILES string of the molecule is CCCOc1cccc(CN(CC(=O)O)C(C)C)c1. The summed E-state index contributed by atoms with van der Waals surface area (Å²) in [4.78, 5) is 12.8. The molecule has 106 valence electrons. The summed E-state index contributed by atoms with van der Waals surface area (Å²) in [6, 6.07) is 8.04. The molecule has 19 heavy (non-hydrogen) atoms. The Morgan fingerprint density at radius 1 is 1.42 bits per heavy atom. The maximum Gasteiger partial charge on any atom is 0.317 e. The lowest BCUT2D eigenvalue weighted by Gasteiger charge is -2.24. The van der Waals surface area contributed by atoms with E-state index in [1.807, 2.05) is 43.0 Å². The van der Waals surface area contributed by atoms with Gasteiger partial charge in [-0.1, -0.05) is 19.1 Å². The largest absolute Gasteiger partial charge is 0.494 e. The zero-order valence-electron chi connectivity index (χ0n) is 11.9. The van der Waals surface area contributed by atoms with Crippen molar-refractivity contribution in [3.63, 3.8) is 0 Å². The Morgan fingerprint density at radius 3 is 2.74 bits per heavy atom. The molecule has 0 radical (unpaired) electrons. The van der Waals surface area contributed by atoms with Crippen LogP contribution in [0.1, 0.15) is 32.8 Å². The van der Waals surface area contributed by atoms with E-state index in [0.717, 1.165) is 17.7 Å². The zero-order chi connectivity index (χ0) is 14.3. The zero-order valence-corrected chi connectivity index (χ0v) is 11.9. The summed E-state index contributed by atoms with van der Waals surface area (Å²) in [5.74, 6) is 0.0467. The lowest BCUT2D eigenvalue weighted by atomic mass is 10.2. The fourth-order valence-electron chi connectivity index (χ4n) is 1.78. The minimum Gasteiger partial charge on any atom is -0.494 e. The second-order valence-corrected chi connectivity index (χ2v) is 4.89. The number of carboxylic acids is 1. The van der Waals surface area contributed by atoms with Gasteiger partial charge in [-0.3, -0.25) is 9.69 Å². The first kappa shape index (κ1) is 15.5. The quantitative estimate of drug-likeness (QED) is 0.785. The van der Waals surface area contributed by atoms with E-state index < -0.39 is 5.97 Å². The van der Waals surface area contributed by atoms with Gasteiger partial charge in [-0.25, -0.2) is 0 Å². The Bertz CT molecular complexity index is 404. The van der Waals surface area contributed by atoms with Crippen LogP contribution < -0.4 is 4.74 Å². The summed E-state index contributed by atoms with van der Waals surface area (Å²) >= 11 is 0. The average Bonchev–Trinajstić information content (AvgIpc) is 2.35. The summed E-state index contributed by atoms with van der Waals surface area (Å²) in [5.41, 5.74) is 1.07. The van der Waals surface area contributed by atoms with E-state index in [2.05, 4.69) is 6.92 Å². The number of carbonyl (C=O) groups is 1. The van der Waals surface area contributed by atoms with Crippen LogP contribution in [0.25, 0.3) is 0 Å². The van der Waals surface area contributed by atoms with E-state index in [9.17, 15) is 4.79 Å². The molecular formula is C15H23NO3. The third kappa shape index (κ3) is 5.75. The number of hydrogen-bond acceptors (Lipinski definition) is 3. The van der Waals surface area contributed by atoms with E-state index in [4.69, 9.17) is 9.84 Å². The number of rotatable bonds is 8. The summed E-state index contributed by atoms with van der Waals surface area (Å²) in [7, 11) is 0. The number of hydrogen-bond donors (Lipinski definition) is 1. The van der Waals surface area contributed by atoms with Crippen LogP contribution >= 0.6 is 0 Å². The second-order valence-electron chi connectivity index (χ2n) is 4.89. The van der Waals surface area contributed by atoms with Gasteiger partial charge in [-0.15, -0.1) is 0 Å². The molecule has 1 N–H and O–H groups in total. The maximum absolute atomic E-state index is 10.8. The molecule has 0 unspecified atom stereocenters. The molecule has 4 nitrogen and oxygen atoms in total. The summed E-state index contributed by atoms with van der Waals surface area (Å²) in [6.07, 6.45) is 0.974. The molecule has 0 spiro atoms. The molecule has 0 aliphatic rings. The van der Waals surface area contributed by atoms with Gasteiger partial charge < -0.3 is 9.84 Å². The first-order valence-electron chi connectivity index (χ1n) is 6.70. The standard InChI is InChI=1S/C15H23NO3/c1-4-8-19-14-7-5-6-13(9-14)10-16(12(2)3)11-15(17)18/h5-7,9,12H,4,8,10-11H2,1-3H3,(H,17,18). The third-order valence-corrected chi connectivity index (χ3v) is 2.83. The van der Waals surface area contributed by atoms with Gasteiger partial charge >= 0.3 is 5.97 Å². The Morgan fingerprint density at radius 2 is 2.16 bits per heavy atom. The van der Waals surface area contributed by atoms with Crippen LogP contribution in [0.15, 0.2) is 24.3 Å². The fraction of sp³-hybridized carbons (Fsp3) is 0.533. The minimum atomic E-state index is -0.799. The van der Waals surface area contributed by atoms with E-state index in [1.54, 1.807) is 0 Å². The van der Waals surface area contributed by atoms with Crippen LogP contribution in [0, 0.1) is 0 Å². The Hall–Kier alpha value is -1.55. The van der Waals surface area contributed by atoms with Gasteiger partial charge in [0.2, 0.25) is 0 Å². The number of ether oxygens (including phenoxy) is 1. The van der Waals surface area contributed by atoms with Crippen molar-refractivity contribution in [1.29, 1.82) is 0 Å². The van der Waals surface area contributed by atoms with Gasteiger partial charge in [0, 0.05) is 12.6 Å². The van der Waals surface area contributed by atoms with E-state index in [-0.39, 0.29) is 12.6 Å². The Labute approximate surface area is 115 Å². The van der Waals surface area contributed by atoms with Crippen LogP contribution in [0.4, 0.5) is 0 Å². The molecule has 0 heterocycles. The molecule has 4 heteroatoms. The second kappa shape index (κ2) is 7.79. The Balaban J connectivity index is 2.70. The van der Waals surface area contributed by atoms with Crippen molar-refractivity contribution in [1.82, 2.24) is 4.90 Å². The van der Waals surface area contributed by atoms with E-state index in [0.29, 0.717) is 13.2 Å². The predicted molar refractivity (Wildman–Crippen MR) is 75.4 cm³/mol. The molecule has 0 atom stereocenters. The van der Waals surface area contributed by atoms with Crippen LogP contribution in [0.2, 0.25) is 0 Å². The van der Waals surface area contributed by atoms with Gasteiger partial charge in [0.25, 0.3) is 0 Å². The summed E-state index contributed by atoms with van der Waals surface area (Å²) in [5, 5.41) is 8.92. The average molecular weight is 265 g/mol.